The summed E-state index contributed by atoms with van der Waals surface area (Å²) in [5.74, 6) is -0.130. The Hall–Kier alpha value is -2.95. The third-order valence-electron chi connectivity index (χ3n) is 3.68. The van der Waals surface area contributed by atoms with Crippen molar-refractivity contribution in [1.29, 1.82) is 0 Å². The van der Waals surface area contributed by atoms with Crippen molar-refractivity contribution in [2.45, 2.75) is 13.8 Å². The van der Waals surface area contributed by atoms with E-state index in [0.29, 0.717) is 5.56 Å². The van der Waals surface area contributed by atoms with Gasteiger partial charge in [0.1, 0.15) is 5.69 Å². The summed E-state index contributed by atoms with van der Waals surface area (Å²) in [6.45, 7) is 4.00. The van der Waals surface area contributed by atoms with Crippen molar-refractivity contribution in [3.8, 4) is 22.5 Å². The minimum Gasteiger partial charge on any atom is -0.321 e. The lowest BCUT2D eigenvalue weighted by Crippen LogP contribution is -2.16. The summed E-state index contributed by atoms with van der Waals surface area (Å²) in [6.07, 6.45) is 0. The smallest absolute Gasteiger partial charge is 0.256 e. The van der Waals surface area contributed by atoms with Crippen LogP contribution in [0.3, 0.4) is 0 Å². The molecule has 0 radical (unpaired) electrons. The molecule has 3 aromatic rings. The Bertz CT molecular complexity index is 867. The molecule has 1 amide bonds. The number of hydrogen-bond donors (Lipinski definition) is 1. The minimum absolute atomic E-state index is 0.130. The van der Waals surface area contributed by atoms with E-state index < -0.39 is 0 Å². The second-order valence-electron chi connectivity index (χ2n) is 4.96. The number of hydrogen-bond acceptors (Lipinski definition) is 3. The van der Waals surface area contributed by atoms with Gasteiger partial charge in [-0.3, -0.25) is 4.79 Å². The summed E-state index contributed by atoms with van der Waals surface area (Å²) in [5, 5.41) is 11.4. The van der Waals surface area contributed by atoms with E-state index in [1.165, 1.54) is 0 Å². The van der Waals surface area contributed by atoms with Crippen molar-refractivity contribution in [2.75, 3.05) is 5.32 Å². The van der Waals surface area contributed by atoms with Gasteiger partial charge in [-0.15, -0.1) is 5.10 Å². The second kappa shape index (κ2) is 6.04. The molecule has 23 heavy (non-hydrogen) atoms. The van der Waals surface area contributed by atoms with Gasteiger partial charge >= 0.3 is 0 Å². The third-order valence-corrected chi connectivity index (χ3v) is 3.68. The van der Waals surface area contributed by atoms with Crippen LogP contribution in [0.4, 0.5) is 5.69 Å². The summed E-state index contributed by atoms with van der Waals surface area (Å²) >= 11 is 0. The third kappa shape index (κ3) is 2.40. The second-order valence-corrected chi connectivity index (χ2v) is 4.96. The number of benzene rings is 2. The fourth-order valence-corrected chi connectivity index (χ4v) is 2.72. The van der Waals surface area contributed by atoms with Crippen LogP contribution >= 0.6 is 0 Å². The molecule has 5 nitrogen and oxygen atoms in total. The molecule has 4 rings (SSSR count). The first-order valence-corrected chi connectivity index (χ1v) is 7.65. The lowest BCUT2D eigenvalue weighted by molar-refractivity contribution is 0.102. The number of rotatable bonds is 0. The van der Waals surface area contributed by atoms with Gasteiger partial charge in [0.2, 0.25) is 0 Å². The zero-order valence-electron chi connectivity index (χ0n) is 13.4. The summed E-state index contributed by atoms with van der Waals surface area (Å²) < 4.78 is 1.74. The van der Waals surface area contributed by atoms with Gasteiger partial charge in [0, 0.05) is 23.7 Å². The molecule has 0 saturated carbocycles. The highest BCUT2D eigenvalue weighted by molar-refractivity contribution is 6.12. The Morgan fingerprint density at radius 3 is 2.26 bits per heavy atom. The molecule has 1 aliphatic rings. The molecule has 0 aliphatic carbocycles. The number of amides is 1. The number of carbonyl (C=O) groups excluding carboxylic acids is 1. The monoisotopic (exact) mass is 306 g/mol. The van der Waals surface area contributed by atoms with Gasteiger partial charge in [-0.1, -0.05) is 55.5 Å². The van der Waals surface area contributed by atoms with E-state index in [0.717, 1.165) is 28.2 Å². The van der Waals surface area contributed by atoms with Crippen molar-refractivity contribution >= 4 is 11.6 Å². The molecule has 2 heterocycles. The van der Waals surface area contributed by atoms with Crippen LogP contribution in [0.1, 0.15) is 24.2 Å². The summed E-state index contributed by atoms with van der Waals surface area (Å²) in [4.78, 5) is 12.5. The predicted molar refractivity (Wildman–Crippen MR) is 91.2 cm³/mol. The zero-order valence-corrected chi connectivity index (χ0v) is 13.4. The molecule has 0 saturated heterocycles. The Morgan fingerprint density at radius 1 is 0.913 bits per heavy atom. The standard InChI is InChI=1S/C16H12N4O.C2H6/c1-20-15-12-8-4-5-9-13(12)17-16(21)11-7-3-2-6-10(11)14(15)18-19-20;1-2/h2-9H,1H3,(H,17,21);1-2H3. The first-order valence-electron chi connectivity index (χ1n) is 7.65. The van der Waals surface area contributed by atoms with E-state index >= 15 is 0 Å². The van der Waals surface area contributed by atoms with E-state index in [4.69, 9.17) is 0 Å². The summed E-state index contributed by atoms with van der Waals surface area (Å²) in [5.41, 5.74) is 4.72. The molecular formula is C18H18N4O. The topological polar surface area (TPSA) is 59.8 Å². The first-order chi connectivity index (χ1) is 11.3. The molecule has 1 aliphatic heterocycles. The molecule has 116 valence electrons. The number of nitrogens with one attached hydrogen (secondary N) is 1. The molecule has 5 heteroatoms. The largest absolute Gasteiger partial charge is 0.321 e. The van der Waals surface area contributed by atoms with E-state index in [1.807, 2.05) is 63.4 Å². The number of fused-ring (bicyclic) bond motifs is 5. The van der Waals surface area contributed by atoms with Crippen molar-refractivity contribution in [3.05, 3.63) is 54.1 Å². The van der Waals surface area contributed by atoms with Crippen molar-refractivity contribution < 1.29 is 4.79 Å². The molecular weight excluding hydrogens is 288 g/mol. The van der Waals surface area contributed by atoms with Crippen LogP contribution in [-0.2, 0) is 7.05 Å². The fourth-order valence-electron chi connectivity index (χ4n) is 2.72. The Morgan fingerprint density at radius 2 is 1.52 bits per heavy atom. The maximum absolute atomic E-state index is 12.5. The minimum atomic E-state index is -0.130. The van der Waals surface area contributed by atoms with Gasteiger partial charge in [-0.05, 0) is 12.1 Å². The molecule has 1 N–H and O–H groups in total. The van der Waals surface area contributed by atoms with Crippen molar-refractivity contribution in [3.63, 3.8) is 0 Å². The first kappa shape index (κ1) is 15.0. The number of aromatic nitrogens is 3. The predicted octanol–water partition coefficient (Wildman–Crippen LogP) is 3.74. The molecule has 0 spiro atoms. The number of carbonyl (C=O) groups is 1. The van der Waals surface area contributed by atoms with Crippen molar-refractivity contribution in [2.24, 2.45) is 7.05 Å². The molecule has 0 atom stereocenters. The zero-order chi connectivity index (χ0) is 16.4. The van der Waals surface area contributed by atoms with Gasteiger partial charge in [-0.2, -0.15) is 0 Å². The number of nitrogens with zero attached hydrogens (tertiary/aromatic N) is 3. The average molecular weight is 306 g/mol. The number of anilines is 1. The molecule has 0 bridgehead atoms. The number of aryl methyl sites for hydroxylation is 1. The van der Waals surface area contributed by atoms with E-state index in [9.17, 15) is 4.79 Å². The quantitative estimate of drug-likeness (QED) is 0.688. The van der Waals surface area contributed by atoms with Crippen LogP contribution < -0.4 is 5.32 Å². The van der Waals surface area contributed by atoms with Crippen LogP contribution in [0.2, 0.25) is 0 Å². The van der Waals surface area contributed by atoms with E-state index in [2.05, 4.69) is 15.6 Å². The van der Waals surface area contributed by atoms with E-state index in [-0.39, 0.29) is 5.91 Å². The summed E-state index contributed by atoms with van der Waals surface area (Å²) in [6, 6.07) is 15.1. The van der Waals surface area contributed by atoms with Gasteiger partial charge in [0.05, 0.1) is 11.4 Å². The average Bonchev–Trinajstić information content (AvgIpc) is 2.97. The van der Waals surface area contributed by atoms with Crippen LogP contribution in [0.25, 0.3) is 22.5 Å². The van der Waals surface area contributed by atoms with Gasteiger partial charge in [-0.25, -0.2) is 4.68 Å². The Labute approximate surface area is 135 Å². The van der Waals surface area contributed by atoms with Gasteiger partial charge in [0.15, 0.2) is 0 Å². The highest BCUT2D eigenvalue weighted by Gasteiger charge is 2.25. The molecule has 1 aromatic heterocycles. The maximum atomic E-state index is 12.5. The van der Waals surface area contributed by atoms with Crippen LogP contribution in [-0.4, -0.2) is 20.9 Å². The Kier molecular flexibility index (Phi) is 3.93. The van der Waals surface area contributed by atoms with Crippen molar-refractivity contribution in [1.82, 2.24) is 15.0 Å². The summed E-state index contributed by atoms with van der Waals surface area (Å²) in [7, 11) is 1.86. The van der Waals surface area contributed by atoms with Crippen LogP contribution in [0.5, 0.6) is 0 Å². The highest BCUT2D eigenvalue weighted by atomic mass is 16.1. The number of para-hydroxylation sites is 1. The molecule has 0 unspecified atom stereocenters. The normalized spacial score (nSPS) is 11.7. The van der Waals surface area contributed by atoms with Gasteiger partial charge in [0.25, 0.3) is 5.91 Å². The van der Waals surface area contributed by atoms with Gasteiger partial charge < -0.3 is 5.32 Å². The van der Waals surface area contributed by atoms with Crippen LogP contribution in [0.15, 0.2) is 48.5 Å². The van der Waals surface area contributed by atoms with E-state index in [1.54, 1.807) is 10.7 Å². The maximum Gasteiger partial charge on any atom is 0.256 e. The fraction of sp³-hybridized carbons (Fsp3) is 0.167. The molecule has 0 fully saturated rings. The lowest BCUT2D eigenvalue weighted by Gasteiger charge is -2.17. The lowest BCUT2D eigenvalue weighted by atomic mass is 9.96. The highest BCUT2D eigenvalue weighted by Crippen LogP contribution is 2.37. The SMILES string of the molecule is CC.Cn1nnc2c1-c1ccccc1NC(=O)c1ccccc1-2. The van der Waals surface area contributed by atoms with Crippen LogP contribution in [0, 0.1) is 0 Å². The Balaban J connectivity index is 0.000000753. The molecule has 2 aromatic carbocycles.